The molecule has 0 radical (unpaired) electrons. The van der Waals surface area contributed by atoms with Gasteiger partial charge in [0.05, 0.1) is 12.7 Å². The number of aryl methyl sites for hydroxylation is 1. The summed E-state index contributed by atoms with van der Waals surface area (Å²) in [4.78, 5) is 2.08. The summed E-state index contributed by atoms with van der Waals surface area (Å²) in [6.07, 6.45) is 1.83. The first-order valence-electron chi connectivity index (χ1n) is 6.61. The summed E-state index contributed by atoms with van der Waals surface area (Å²) in [7, 11) is 3.68. The molecule has 0 aromatic heterocycles. The number of hydrogen-bond acceptors (Lipinski definition) is 3. The third-order valence-corrected chi connectivity index (χ3v) is 3.06. The number of aliphatic hydroxyl groups is 1. The highest BCUT2D eigenvalue weighted by Gasteiger charge is 2.10. The van der Waals surface area contributed by atoms with Gasteiger partial charge in [-0.25, -0.2) is 0 Å². The summed E-state index contributed by atoms with van der Waals surface area (Å²) in [5.74, 6) is 0. The number of methoxy groups -OCH3 is 1. The Kier molecular flexibility index (Phi) is 6.94. The fourth-order valence-electron chi connectivity index (χ4n) is 1.93. The highest BCUT2D eigenvalue weighted by atomic mass is 16.5. The predicted octanol–water partition coefficient (Wildman–Crippen LogP) is 2.25. The van der Waals surface area contributed by atoms with Gasteiger partial charge < -0.3 is 14.7 Å². The number of rotatable bonds is 8. The van der Waals surface area contributed by atoms with Crippen molar-refractivity contribution in [2.45, 2.75) is 25.9 Å². The summed E-state index contributed by atoms with van der Waals surface area (Å²) < 4.78 is 5.02. The molecule has 1 unspecified atom stereocenters. The lowest BCUT2D eigenvalue weighted by Crippen LogP contribution is -2.27. The van der Waals surface area contributed by atoms with E-state index in [1.54, 1.807) is 7.11 Å². The molecule has 0 amide bonds. The Bertz CT molecular complexity index is 324. The van der Waals surface area contributed by atoms with Crippen LogP contribution in [0.1, 0.15) is 30.6 Å². The summed E-state index contributed by atoms with van der Waals surface area (Å²) in [5.41, 5.74) is 2.32. The molecule has 3 nitrogen and oxygen atoms in total. The monoisotopic (exact) mass is 251 g/mol. The lowest BCUT2D eigenvalue weighted by atomic mass is 10.0. The first kappa shape index (κ1) is 15.2. The van der Waals surface area contributed by atoms with Crippen LogP contribution in [0.4, 0.5) is 0 Å². The van der Waals surface area contributed by atoms with Crippen LogP contribution >= 0.6 is 0 Å². The Morgan fingerprint density at radius 1 is 1.28 bits per heavy atom. The number of nitrogens with zero attached hydrogens (tertiary/aromatic N) is 1. The van der Waals surface area contributed by atoms with Crippen molar-refractivity contribution in [3.63, 3.8) is 0 Å². The van der Waals surface area contributed by atoms with Crippen molar-refractivity contribution in [3.05, 3.63) is 35.4 Å². The number of ether oxygens (including phenoxy) is 1. The molecule has 0 heterocycles. The van der Waals surface area contributed by atoms with Crippen molar-refractivity contribution in [2.24, 2.45) is 0 Å². The van der Waals surface area contributed by atoms with Crippen LogP contribution in [-0.2, 0) is 11.2 Å². The minimum atomic E-state index is -0.428. The van der Waals surface area contributed by atoms with Gasteiger partial charge >= 0.3 is 0 Å². The average Bonchev–Trinajstić information content (AvgIpc) is 2.37. The van der Waals surface area contributed by atoms with E-state index in [9.17, 15) is 5.11 Å². The first-order chi connectivity index (χ1) is 8.67. The molecule has 1 aromatic rings. The van der Waals surface area contributed by atoms with E-state index in [-0.39, 0.29) is 0 Å². The molecular weight excluding hydrogens is 226 g/mol. The largest absolute Gasteiger partial charge is 0.387 e. The summed E-state index contributed by atoms with van der Waals surface area (Å²) in [6, 6.07) is 8.27. The van der Waals surface area contributed by atoms with Gasteiger partial charge in [-0.15, -0.1) is 0 Å². The SMILES string of the molecule is CCCc1ccc(C(O)CN(C)CCOC)cc1. The minimum absolute atomic E-state index is 0.428. The molecule has 0 saturated heterocycles. The molecule has 3 heteroatoms. The summed E-state index contributed by atoms with van der Waals surface area (Å²) in [6.45, 7) is 4.34. The zero-order valence-electron chi connectivity index (χ0n) is 11.7. The molecule has 1 atom stereocenters. The second-order valence-corrected chi connectivity index (χ2v) is 4.76. The van der Waals surface area contributed by atoms with Gasteiger partial charge in [0.2, 0.25) is 0 Å². The van der Waals surface area contributed by atoms with Gasteiger partial charge in [0.15, 0.2) is 0 Å². The number of likely N-dealkylation sites (N-methyl/N-ethyl adjacent to an activating group) is 1. The van der Waals surface area contributed by atoms with Crippen LogP contribution in [0, 0.1) is 0 Å². The molecule has 0 aliphatic rings. The van der Waals surface area contributed by atoms with Gasteiger partial charge in [-0.2, -0.15) is 0 Å². The molecule has 1 N–H and O–H groups in total. The van der Waals surface area contributed by atoms with Crippen LogP contribution in [-0.4, -0.2) is 43.9 Å². The Morgan fingerprint density at radius 2 is 1.94 bits per heavy atom. The van der Waals surface area contributed by atoms with Crippen molar-refractivity contribution in [1.82, 2.24) is 4.90 Å². The highest BCUT2D eigenvalue weighted by molar-refractivity contribution is 5.24. The van der Waals surface area contributed by atoms with Crippen molar-refractivity contribution >= 4 is 0 Å². The van der Waals surface area contributed by atoms with E-state index < -0.39 is 6.10 Å². The lowest BCUT2D eigenvalue weighted by Gasteiger charge is -2.20. The molecule has 0 aliphatic heterocycles. The van der Waals surface area contributed by atoms with E-state index in [2.05, 4.69) is 24.0 Å². The lowest BCUT2D eigenvalue weighted by molar-refractivity contribution is 0.103. The second-order valence-electron chi connectivity index (χ2n) is 4.76. The zero-order valence-corrected chi connectivity index (χ0v) is 11.7. The summed E-state index contributed by atoms with van der Waals surface area (Å²) in [5, 5.41) is 10.1. The van der Waals surface area contributed by atoms with E-state index in [1.165, 1.54) is 5.56 Å². The van der Waals surface area contributed by atoms with Crippen LogP contribution in [0.5, 0.6) is 0 Å². The summed E-state index contributed by atoms with van der Waals surface area (Å²) >= 11 is 0. The van der Waals surface area contributed by atoms with E-state index in [0.717, 1.165) is 24.9 Å². The zero-order chi connectivity index (χ0) is 13.4. The third-order valence-electron chi connectivity index (χ3n) is 3.06. The average molecular weight is 251 g/mol. The normalized spacial score (nSPS) is 12.9. The van der Waals surface area contributed by atoms with Gasteiger partial charge in [-0.3, -0.25) is 0 Å². The van der Waals surface area contributed by atoms with E-state index >= 15 is 0 Å². The number of benzene rings is 1. The highest BCUT2D eigenvalue weighted by Crippen LogP contribution is 2.15. The Labute approximate surface area is 110 Å². The van der Waals surface area contributed by atoms with Gasteiger partial charge in [-0.05, 0) is 24.6 Å². The molecular formula is C15H25NO2. The molecule has 18 heavy (non-hydrogen) atoms. The molecule has 1 rings (SSSR count). The fourth-order valence-corrected chi connectivity index (χ4v) is 1.93. The Hall–Kier alpha value is -0.900. The van der Waals surface area contributed by atoms with Crippen molar-refractivity contribution < 1.29 is 9.84 Å². The third kappa shape index (κ3) is 5.17. The van der Waals surface area contributed by atoms with Crippen molar-refractivity contribution in [3.8, 4) is 0 Å². The maximum atomic E-state index is 10.1. The molecule has 1 aromatic carbocycles. The van der Waals surface area contributed by atoms with Crippen molar-refractivity contribution in [1.29, 1.82) is 0 Å². The van der Waals surface area contributed by atoms with Gasteiger partial charge in [-0.1, -0.05) is 37.6 Å². The standard InChI is InChI=1S/C15H25NO2/c1-4-5-13-6-8-14(9-7-13)15(17)12-16(2)10-11-18-3/h6-9,15,17H,4-5,10-12H2,1-3H3. The minimum Gasteiger partial charge on any atom is -0.387 e. The molecule has 0 bridgehead atoms. The maximum absolute atomic E-state index is 10.1. The number of hydrogen-bond donors (Lipinski definition) is 1. The van der Waals surface area contributed by atoms with Crippen LogP contribution in [0.15, 0.2) is 24.3 Å². The molecule has 0 fully saturated rings. The van der Waals surface area contributed by atoms with Gasteiger partial charge in [0.25, 0.3) is 0 Å². The Balaban J connectivity index is 2.47. The fraction of sp³-hybridized carbons (Fsp3) is 0.600. The first-order valence-corrected chi connectivity index (χ1v) is 6.61. The number of aliphatic hydroxyl groups excluding tert-OH is 1. The van der Waals surface area contributed by atoms with E-state index in [0.29, 0.717) is 13.2 Å². The molecule has 0 aliphatic carbocycles. The van der Waals surface area contributed by atoms with E-state index in [1.807, 2.05) is 19.2 Å². The molecule has 0 saturated carbocycles. The topological polar surface area (TPSA) is 32.7 Å². The van der Waals surface area contributed by atoms with Crippen molar-refractivity contribution in [2.75, 3.05) is 33.9 Å². The molecule has 102 valence electrons. The quantitative estimate of drug-likeness (QED) is 0.769. The van der Waals surface area contributed by atoms with Crippen LogP contribution < -0.4 is 0 Å². The van der Waals surface area contributed by atoms with Crippen LogP contribution in [0.3, 0.4) is 0 Å². The molecule has 0 spiro atoms. The van der Waals surface area contributed by atoms with Gasteiger partial charge in [0.1, 0.15) is 0 Å². The van der Waals surface area contributed by atoms with E-state index in [4.69, 9.17) is 4.74 Å². The van der Waals surface area contributed by atoms with Crippen LogP contribution in [0.2, 0.25) is 0 Å². The Morgan fingerprint density at radius 3 is 2.50 bits per heavy atom. The predicted molar refractivity (Wildman–Crippen MR) is 74.8 cm³/mol. The smallest absolute Gasteiger partial charge is 0.0916 e. The maximum Gasteiger partial charge on any atom is 0.0916 e. The van der Waals surface area contributed by atoms with Crippen LogP contribution in [0.25, 0.3) is 0 Å². The second kappa shape index (κ2) is 8.25. The van der Waals surface area contributed by atoms with Gasteiger partial charge in [0, 0.05) is 20.2 Å².